The third kappa shape index (κ3) is 3.16. The number of carboxylic acids is 1. The van der Waals surface area contributed by atoms with E-state index in [0.29, 0.717) is 18.6 Å². The Kier molecular flexibility index (Phi) is 3.91. The number of rotatable bonds is 2. The van der Waals surface area contributed by atoms with E-state index in [2.05, 4.69) is 17.2 Å². The highest BCUT2D eigenvalue weighted by molar-refractivity contribution is 5.97. The van der Waals surface area contributed by atoms with Gasteiger partial charge in [0.1, 0.15) is 5.54 Å². The van der Waals surface area contributed by atoms with E-state index < -0.39 is 17.4 Å². The Morgan fingerprint density at radius 2 is 2.05 bits per heavy atom. The summed E-state index contributed by atoms with van der Waals surface area (Å²) in [7, 11) is 0. The molecule has 2 rings (SSSR count). The molecule has 1 amide bonds. The summed E-state index contributed by atoms with van der Waals surface area (Å²) in [5.74, 6) is 3.71. The van der Waals surface area contributed by atoms with Crippen LogP contribution in [0.4, 0.5) is 0 Å². The highest BCUT2D eigenvalue weighted by atomic mass is 16.4. The van der Waals surface area contributed by atoms with Crippen LogP contribution in [0, 0.1) is 11.8 Å². The summed E-state index contributed by atoms with van der Waals surface area (Å²) in [6, 6.07) is 3.30. The molecule has 1 heterocycles. The monoisotopic (exact) mass is 261 g/mol. The quantitative estimate of drug-likeness (QED) is 0.791. The summed E-state index contributed by atoms with van der Waals surface area (Å²) < 4.78 is 4.98. The zero-order valence-electron chi connectivity index (χ0n) is 10.4. The van der Waals surface area contributed by atoms with Gasteiger partial charge in [0.25, 0.3) is 5.91 Å². The van der Waals surface area contributed by atoms with Gasteiger partial charge in [-0.05, 0) is 30.9 Å². The molecule has 0 aliphatic heterocycles. The fourth-order valence-corrected chi connectivity index (χ4v) is 2.26. The number of nitrogens with one attached hydrogen (secondary N) is 1. The van der Waals surface area contributed by atoms with E-state index in [1.165, 1.54) is 6.26 Å². The molecule has 0 aromatic carbocycles. The van der Waals surface area contributed by atoms with Crippen LogP contribution in [0.25, 0.3) is 0 Å². The predicted molar refractivity (Wildman–Crippen MR) is 67.2 cm³/mol. The molecule has 1 saturated carbocycles. The van der Waals surface area contributed by atoms with Crippen molar-refractivity contribution in [1.29, 1.82) is 0 Å². The summed E-state index contributed by atoms with van der Waals surface area (Å²) in [6.45, 7) is 0. The Labute approximate surface area is 111 Å². The number of furan rings is 1. The average Bonchev–Trinajstić information content (AvgIpc) is 2.90. The maximum absolute atomic E-state index is 11.7. The number of hydrogen-bond acceptors (Lipinski definition) is 3. The molecule has 5 nitrogen and oxygen atoms in total. The van der Waals surface area contributed by atoms with Gasteiger partial charge in [0.05, 0.1) is 6.26 Å². The van der Waals surface area contributed by atoms with E-state index in [1.807, 2.05) is 0 Å². The molecule has 0 atom stereocenters. The van der Waals surface area contributed by atoms with Crippen LogP contribution in [0.15, 0.2) is 22.8 Å². The molecule has 1 fully saturated rings. The zero-order chi connectivity index (χ0) is 13.7. The van der Waals surface area contributed by atoms with E-state index in [9.17, 15) is 14.7 Å². The summed E-state index contributed by atoms with van der Waals surface area (Å²) in [6.07, 6.45) is 4.98. The van der Waals surface area contributed by atoms with Crippen molar-refractivity contribution in [3.63, 3.8) is 0 Å². The van der Waals surface area contributed by atoms with Crippen molar-refractivity contribution in [2.24, 2.45) is 0 Å². The molecule has 0 bridgehead atoms. The minimum atomic E-state index is -1.16. The molecule has 2 N–H and O–H groups in total. The molecule has 0 saturated heterocycles. The van der Waals surface area contributed by atoms with Crippen LogP contribution in [0.1, 0.15) is 37.9 Å². The number of carbonyl (C=O) groups is 2. The van der Waals surface area contributed by atoms with Gasteiger partial charge in [-0.15, -0.1) is 0 Å². The molecular weight excluding hydrogens is 246 g/mol. The molecule has 1 aromatic heterocycles. The molecule has 1 aliphatic carbocycles. The largest absolute Gasteiger partial charge is 0.480 e. The molecule has 19 heavy (non-hydrogen) atoms. The van der Waals surface area contributed by atoms with E-state index >= 15 is 0 Å². The standard InChI is InChI=1S/C14H15NO4/c16-12(7-6-11-5-4-10-19-11)15-14(13(17)18)8-2-1-3-9-14/h4-5,10H,1-3,8-9H2,(H,15,16)(H,17,18). The lowest BCUT2D eigenvalue weighted by molar-refractivity contribution is -0.148. The van der Waals surface area contributed by atoms with Crippen LogP contribution >= 0.6 is 0 Å². The van der Waals surface area contributed by atoms with Crippen molar-refractivity contribution in [2.45, 2.75) is 37.6 Å². The predicted octanol–water partition coefficient (Wildman–Crippen LogP) is 1.53. The molecule has 0 unspecified atom stereocenters. The number of hydrogen-bond donors (Lipinski definition) is 2. The van der Waals surface area contributed by atoms with Crippen molar-refractivity contribution in [3.05, 3.63) is 24.2 Å². The second-order valence-corrected chi connectivity index (χ2v) is 4.63. The zero-order valence-corrected chi connectivity index (χ0v) is 10.4. The van der Waals surface area contributed by atoms with Gasteiger partial charge in [-0.2, -0.15) is 0 Å². The fourth-order valence-electron chi connectivity index (χ4n) is 2.26. The van der Waals surface area contributed by atoms with Gasteiger partial charge in [-0.3, -0.25) is 4.79 Å². The Morgan fingerprint density at radius 1 is 1.32 bits per heavy atom. The third-order valence-electron chi connectivity index (χ3n) is 3.29. The third-order valence-corrected chi connectivity index (χ3v) is 3.29. The van der Waals surface area contributed by atoms with Crippen molar-refractivity contribution >= 4 is 11.9 Å². The van der Waals surface area contributed by atoms with Gasteiger partial charge in [0.15, 0.2) is 5.76 Å². The van der Waals surface area contributed by atoms with E-state index in [-0.39, 0.29) is 0 Å². The van der Waals surface area contributed by atoms with Crippen molar-refractivity contribution in [3.8, 4) is 11.8 Å². The van der Waals surface area contributed by atoms with E-state index in [4.69, 9.17) is 4.42 Å². The Hall–Kier alpha value is -2.22. The van der Waals surface area contributed by atoms with Crippen LogP contribution in [0.3, 0.4) is 0 Å². The van der Waals surface area contributed by atoms with Gasteiger partial charge >= 0.3 is 5.97 Å². The van der Waals surface area contributed by atoms with Crippen LogP contribution in [-0.2, 0) is 9.59 Å². The molecule has 0 spiro atoms. The molecule has 1 aliphatic rings. The maximum Gasteiger partial charge on any atom is 0.329 e. The SMILES string of the molecule is O=C(C#Cc1ccco1)NC1(C(=O)O)CCCCC1. The summed E-state index contributed by atoms with van der Waals surface area (Å²) >= 11 is 0. The fraction of sp³-hybridized carbons (Fsp3) is 0.429. The first-order valence-electron chi connectivity index (χ1n) is 6.23. The summed E-state index contributed by atoms with van der Waals surface area (Å²) in [5.41, 5.74) is -1.16. The number of amides is 1. The van der Waals surface area contributed by atoms with Gasteiger partial charge in [0, 0.05) is 5.92 Å². The highest BCUT2D eigenvalue weighted by Gasteiger charge is 2.40. The lowest BCUT2D eigenvalue weighted by Crippen LogP contribution is -2.55. The first kappa shape index (κ1) is 13.2. The Balaban J connectivity index is 2.05. The first-order valence-corrected chi connectivity index (χ1v) is 6.23. The van der Waals surface area contributed by atoms with Gasteiger partial charge in [0.2, 0.25) is 0 Å². The van der Waals surface area contributed by atoms with Crippen LogP contribution < -0.4 is 5.32 Å². The van der Waals surface area contributed by atoms with E-state index in [1.54, 1.807) is 12.1 Å². The normalized spacial score (nSPS) is 17.1. The summed E-state index contributed by atoms with van der Waals surface area (Å²) in [4.78, 5) is 23.1. The Bertz CT molecular complexity index is 515. The number of carboxylic acid groups (broad SMARTS) is 1. The lowest BCUT2D eigenvalue weighted by atomic mass is 9.81. The molecule has 5 heteroatoms. The second kappa shape index (κ2) is 5.61. The first-order chi connectivity index (χ1) is 9.12. The van der Waals surface area contributed by atoms with Crippen LogP contribution in [0.2, 0.25) is 0 Å². The van der Waals surface area contributed by atoms with Gasteiger partial charge < -0.3 is 14.8 Å². The smallest absolute Gasteiger partial charge is 0.329 e. The average molecular weight is 261 g/mol. The van der Waals surface area contributed by atoms with Crippen LogP contribution in [-0.4, -0.2) is 22.5 Å². The molecular formula is C14H15NO4. The maximum atomic E-state index is 11.7. The van der Waals surface area contributed by atoms with Crippen LogP contribution in [0.5, 0.6) is 0 Å². The molecule has 0 radical (unpaired) electrons. The number of aliphatic carboxylic acids is 1. The van der Waals surface area contributed by atoms with Crippen molar-refractivity contribution in [1.82, 2.24) is 5.32 Å². The summed E-state index contributed by atoms with van der Waals surface area (Å²) in [5, 5.41) is 11.8. The molecule has 100 valence electrons. The van der Waals surface area contributed by atoms with E-state index in [0.717, 1.165) is 19.3 Å². The molecule has 1 aromatic rings. The van der Waals surface area contributed by atoms with Gasteiger partial charge in [-0.25, -0.2) is 4.79 Å². The van der Waals surface area contributed by atoms with Crippen molar-refractivity contribution in [2.75, 3.05) is 0 Å². The van der Waals surface area contributed by atoms with Gasteiger partial charge in [-0.1, -0.05) is 19.3 Å². The highest BCUT2D eigenvalue weighted by Crippen LogP contribution is 2.28. The second-order valence-electron chi connectivity index (χ2n) is 4.63. The van der Waals surface area contributed by atoms with Crippen molar-refractivity contribution < 1.29 is 19.1 Å². The minimum absolute atomic E-state index is 0.378. The minimum Gasteiger partial charge on any atom is -0.480 e. The topological polar surface area (TPSA) is 79.5 Å². The number of carbonyl (C=O) groups excluding carboxylic acids is 1. The Morgan fingerprint density at radius 3 is 2.63 bits per heavy atom. The lowest BCUT2D eigenvalue weighted by Gasteiger charge is -2.33.